The van der Waals surface area contributed by atoms with Crippen LogP contribution < -0.4 is 20.5 Å². The van der Waals surface area contributed by atoms with Crippen molar-refractivity contribution < 1.29 is 40.1 Å². The van der Waals surface area contributed by atoms with Crippen molar-refractivity contribution in [3.8, 4) is 5.75 Å². The van der Waals surface area contributed by atoms with E-state index < -0.39 is 24.1 Å². The molecule has 2 aliphatic rings. The minimum absolute atomic E-state index is 0.00986. The molecule has 1 aromatic carbocycles. The molecule has 0 bridgehead atoms. The third-order valence-corrected chi connectivity index (χ3v) is 5.10. The first-order valence-corrected chi connectivity index (χ1v) is 9.87. The van der Waals surface area contributed by atoms with E-state index in [0.29, 0.717) is 11.8 Å². The second-order valence-electron chi connectivity index (χ2n) is 7.44. The van der Waals surface area contributed by atoms with Gasteiger partial charge in [0.05, 0.1) is 24.8 Å². The number of nitrogens with two attached hydrogens (primary N) is 1. The highest BCUT2D eigenvalue weighted by atomic mass is 16.5. The molecule has 2 unspecified atom stereocenters. The lowest BCUT2D eigenvalue weighted by Crippen LogP contribution is -2.94. The van der Waals surface area contributed by atoms with Gasteiger partial charge in [-0.2, -0.15) is 0 Å². The smallest absolute Gasteiger partial charge is 0.256 e. The monoisotopic (exact) mass is 410 g/mol. The van der Waals surface area contributed by atoms with Gasteiger partial charge >= 0.3 is 0 Å². The maximum Gasteiger partial charge on any atom is 0.256 e. The molecule has 1 aromatic rings. The van der Waals surface area contributed by atoms with E-state index in [0.717, 1.165) is 12.5 Å². The van der Waals surface area contributed by atoms with Gasteiger partial charge in [0.2, 0.25) is 0 Å². The van der Waals surface area contributed by atoms with Crippen LogP contribution in [0.3, 0.4) is 0 Å². The van der Waals surface area contributed by atoms with Crippen molar-refractivity contribution in [3.63, 3.8) is 0 Å². The number of carboxylic acid groups (broad SMARTS) is 1. The van der Waals surface area contributed by atoms with E-state index in [1.165, 1.54) is 45.3 Å². The summed E-state index contributed by atoms with van der Waals surface area (Å²) in [5, 5.41) is 42.8. The molecule has 2 saturated carbocycles. The number of para-hydroxylation sites is 2. The van der Waals surface area contributed by atoms with Crippen LogP contribution in [0.1, 0.15) is 38.5 Å². The van der Waals surface area contributed by atoms with Gasteiger partial charge in [-0.15, -0.1) is 0 Å². The highest BCUT2D eigenvalue weighted by Gasteiger charge is 2.33. The molecule has 2 fully saturated rings. The summed E-state index contributed by atoms with van der Waals surface area (Å²) in [6, 6.07) is 7.75. The number of quaternary nitrogens is 1. The molecule has 4 atom stereocenters. The van der Waals surface area contributed by atoms with Gasteiger partial charge in [0.25, 0.3) is 5.91 Å². The van der Waals surface area contributed by atoms with Crippen molar-refractivity contribution in [2.24, 2.45) is 0 Å². The molecule has 0 aliphatic heterocycles. The number of hydrogen-bond acceptors (Lipinski definition) is 7. The Balaban J connectivity index is 0.000000230. The van der Waals surface area contributed by atoms with Crippen LogP contribution >= 0.6 is 0 Å². The molecule has 6 N–H and O–H groups in total. The Hall–Kier alpha value is -2.20. The Kier molecular flexibility index (Phi) is 8.84. The summed E-state index contributed by atoms with van der Waals surface area (Å²) in [6.45, 7) is 0. The van der Waals surface area contributed by atoms with Crippen molar-refractivity contribution in [2.75, 3.05) is 12.4 Å². The Labute approximate surface area is 169 Å². The lowest BCUT2D eigenvalue weighted by molar-refractivity contribution is -0.711. The highest BCUT2D eigenvalue weighted by molar-refractivity contribution is 5.98. The van der Waals surface area contributed by atoms with E-state index in [2.05, 4.69) is 10.6 Å². The van der Waals surface area contributed by atoms with E-state index in [1.807, 2.05) is 0 Å². The number of aliphatic carboxylic acids is 1. The predicted octanol–water partition coefficient (Wildman–Crippen LogP) is -1.88. The molecule has 0 aromatic heterocycles. The molecule has 0 radical (unpaired) electrons. The van der Waals surface area contributed by atoms with Crippen molar-refractivity contribution in [2.45, 2.75) is 68.9 Å². The number of carbonyl (C=O) groups excluding carboxylic acids is 2. The van der Waals surface area contributed by atoms with Crippen molar-refractivity contribution >= 4 is 17.6 Å². The number of benzene rings is 1. The fraction of sp³-hybridized carbons (Fsp3) is 0.600. The number of rotatable bonds is 7. The third kappa shape index (κ3) is 7.28. The molecule has 162 valence electrons. The second kappa shape index (κ2) is 11.1. The maximum absolute atomic E-state index is 11.5. The number of methoxy groups -OCH3 is 1. The average Bonchev–Trinajstić information content (AvgIpc) is 3.53. The van der Waals surface area contributed by atoms with Crippen molar-refractivity contribution in [1.29, 1.82) is 0 Å². The number of hydrogen-bond donors (Lipinski definition) is 5. The Morgan fingerprint density at radius 3 is 2.38 bits per heavy atom. The van der Waals surface area contributed by atoms with Crippen LogP contribution in [-0.2, 0) is 9.59 Å². The summed E-state index contributed by atoms with van der Waals surface area (Å²) in [5.74, 6) is -2.67. The molecule has 2 aliphatic carbocycles. The number of carboxylic acids is 1. The average molecular weight is 410 g/mol. The number of carbonyl (C=O) groups is 2. The lowest BCUT2D eigenvalue weighted by atomic mass is 9.92. The maximum atomic E-state index is 11.5. The summed E-state index contributed by atoms with van der Waals surface area (Å²) in [5.41, 5.74) is 0.245. The van der Waals surface area contributed by atoms with E-state index in [9.17, 15) is 24.9 Å². The van der Waals surface area contributed by atoms with Crippen LogP contribution in [-0.4, -0.2) is 64.7 Å². The fourth-order valence-electron chi connectivity index (χ4n) is 3.23. The minimum atomic E-state index is -2.29. The van der Waals surface area contributed by atoms with Crippen LogP contribution in [0.15, 0.2) is 24.3 Å². The molecule has 1 amide bonds. The fourth-order valence-corrected chi connectivity index (χ4v) is 3.23. The standard InChI is InChI=1S/C11H13NO6.C9H17NO/c1-18-7-5-3-2-4-6(7)12-10(15)8(13)9(14)11(16)17;11-9-4-2-1-3-8(9)10-7-5-6-7/h2-5,8-9,13-14H,1H3,(H,12,15)(H,16,17);7-11H,1-6H2/t8-,9-;/m0./s1. The summed E-state index contributed by atoms with van der Waals surface area (Å²) >= 11 is 0. The predicted molar refractivity (Wildman–Crippen MR) is 102 cm³/mol. The Morgan fingerprint density at radius 2 is 1.79 bits per heavy atom. The number of aliphatic hydroxyl groups excluding tert-OH is 3. The lowest BCUT2D eigenvalue weighted by Gasteiger charge is -2.25. The van der Waals surface area contributed by atoms with Gasteiger partial charge in [0.15, 0.2) is 6.10 Å². The molecular weight excluding hydrogens is 380 g/mol. The van der Waals surface area contributed by atoms with E-state index in [-0.39, 0.29) is 11.8 Å². The van der Waals surface area contributed by atoms with Crippen LogP contribution in [0, 0.1) is 0 Å². The molecule has 0 spiro atoms. The Morgan fingerprint density at radius 1 is 1.14 bits per heavy atom. The number of anilines is 1. The summed E-state index contributed by atoms with van der Waals surface area (Å²) < 4.78 is 4.95. The quantitative estimate of drug-likeness (QED) is 0.352. The molecule has 3 rings (SSSR count). The van der Waals surface area contributed by atoms with Gasteiger partial charge in [0.1, 0.15) is 24.0 Å². The second-order valence-corrected chi connectivity index (χ2v) is 7.44. The van der Waals surface area contributed by atoms with Crippen LogP contribution in [0.4, 0.5) is 5.69 Å². The number of aliphatic hydroxyl groups is 3. The zero-order valence-corrected chi connectivity index (χ0v) is 16.5. The first-order valence-electron chi connectivity index (χ1n) is 9.87. The first-order chi connectivity index (χ1) is 13.8. The van der Waals surface area contributed by atoms with Crippen LogP contribution in [0.25, 0.3) is 0 Å². The molecule has 0 saturated heterocycles. The summed E-state index contributed by atoms with van der Waals surface area (Å²) in [6.07, 6.45) is 3.16. The molecule has 9 nitrogen and oxygen atoms in total. The van der Waals surface area contributed by atoms with Gasteiger partial charge in [-0.1, -0.05) is 18.6 Å². The Bertz CT molecular complexity index is 681. The minimum Gasteiger partial charge on any atom is -0.547 e. The topological polar surface area (TPSA) is 156 Å². The van der Waals surface area contributed by atoms with Gasteiger partial charge in [-0.05, 0) is 25.0 Å². The largest absolute Gasteiger partial charge is 0.547 e. The van der Waals surface area contributed by atoms with Gasteiger partial charge in [-0.3, -0.25) is 4.79 Å². The number of amides is 1. The highest BCUT2D eigenvalue weighted by Crippen LogP contribution is 2.23. The van der Waals surface area contributed by atoms with E-state index in [1.54, 1.807) is 18.2 Å². The normalized spacial score (nSPS) is 23.2. The number of nitrogens with one attached hydrogen (secondary N) is 1. The van der Waals surface area contributed by atoms with Gasteiger partial charge in [-0.25, -0.2) is 0 Å². The molecule has 29 heavy (non-hydrogen) atoms. The van der Waals surface area contributed by atoms with E-state index >= 15 is 0 Å². The molecule has 0 heterocycles. The number of ether oxygens (including phenoxy) is 1. The molecule has 9 heteroatoms. The summed E-state index contributed by atoms with van der Waals surface area (Å²) in [4.78, 5) is 21.8. The van der Waals surface area contributed by atoms with Crippen LogP contribution in [0.5, 0.6) is 5.75 Å². The summed E-state index contributed by atoms with van der Waals surface area (Å²) in [7, 11) is 1.39. The first kappa shape index (κ1) is 23.1. The van der Waals surface area contributed by atoms with E-state index in [4.69, 9.17) is 9.84 Å². The van der Waals surface area contributed by atoms with Crippen molar-refractivity contribution in [1.82, 2.24) is 0 Å². The molecular formula is C20H30N2O7. The van der Waals surface area contributed by atoms with Gasteiger partial charge in [0, 0.05) is 19.3 Å². The SMILES string of the molecule is COc1ccccc1NC(=O)[C@@H](O)[C@H](O)C(=O)[O-].OC1CCCCC1[NH2+]C1CC1. The van der Waals surface area contributed by atoms with Crippen molar-refractivity contribution in [3.05, 3.63) is 24.3 Å². The zero-order chi connectivity index (χ0) is 21.4. The van der Waals surface area contributed by atoms with Crippen LogP contribution in [0.2, 0.25) is 0 Å². The third-order valence-electron chi connectivity index (χ3n) is 5.10. The zero-order valence-electron chi connectivity index (χ0n) is 16.5. The van der Waals surface area contributed by atoms with Gasteiger partial charge < -0.3 is 40.6 Å².